The van der Waals surface area contributed by atoms with Gasteiger partial charge in [-0.1, -0.05) is 45.3 Å². The quantitative estimate of drug-likeness (QED) is 0.531. The molecule has 0 aliphatic rings. The van der Waals surface area contributed by atoms with Gasteiger partial charge in [-0.05, 0) is 26.8 Å². The molecule has 27 heavy (non-hydrogen) atoms. The minimum Gasteiger partial charge on any atom is -0.399 e. The Morgan fingerprint density at radius 1 is 1.07 bits per heavy atom. The number of amides is 1. The molecule has 0 unspecified atom stereocenters. The second-order valence-electron chi connectivity index (χ2n) is 5.69. The van der Waals surface area contributed by atoms with Crippen molar-refractivity contribution in [1.29, 1.82) is 0 Å². The molecule has 0 saturated carbocycles. The van der Waals surface area contributed by atoms with Crippen LogP contribution in [0.1, 0.15) is 31.9 Å². The van der Waals surface area contributed by atoms with Gasteiger partial charge in [0, 0.05) is 18.2 Å². The minimum atomic E-state index is -0.359. The Bertz CT molecular complexity index is 763. The molecule has 0 saturated heterocycles. The number of hydrogen-bond donors (Lipinski definition) is 1. The van der Waals surface area contributed by atoms with E-state index in [1.165, 1.54) is 21.3 Å². The van der Waals surface area contributed by atoms with E-state index >= 15 is 0 Å². The summed E-state index contributed by atoms with van der Waals surface area (Å²) in [6, 6.07) is 7.24. The van der Waals surface area contributed by atoms with Crippen LogP contribution < -0.4 is 5.32 Å². The first-order chi connectivity index (χ1) is 12.9. The van der Waals surface area contributed by atoms with Crippen molar-refractivity contribution >= 4 is 23.0 Å². The van der Waals surface area contributed by atoms with Crippen molar-refractivity contribution in [3.63, 3.8) is 0 Å². The molecule has 0 aliphatic heterocycles. The normalized spacial score (nSPS) is 12.3. The first-order valence-corrected chi connectivity index (χ1v) is 8.29. The molecule has 0 spiro atoms. The second kappa shape index (κ2) is 11.5. The Hall–Kier alpha value is -3.16. The molecule has 1 aromatic carbocycles. The molecule has 8 nitrogen and oxygen atoms in total. The maximum Gasteiger partial charge on any atom is 0.273 e. The van der Waals surface area contributed by atoms with E-state index in [1.807, 2.05) is 32.1 Å². The van der Waals surface area contributed by atoms with Gasteiger partial charge in [-0.2, -0.15) is 0 Å². The van der Waals surface area contributed by atoms with Crippen LogP contribution in [-0.2, 0) is 25.9 Å². The molecule has 146 valence electrons. The third-order valence-corrected chi connectivity index (χ3v) is 3.30. The van der Waals surface area contributed by atoms with Gasteiger partial charge in [-0.3, -0.25) is 4.79 Å². The second-order valence-corrected chi connectivity index (χ2v) is 5.69. The third kappa shape index (κ3) is 6.93. The average Bonchev–Trinajstić information content (AvgIpc) is 2.65. The van der Waals surface area contributed by atoms with Crippen LogP contribution in [0.3, 0.4) is 0 Å². The summed E-state index contributed by atoms with van der Waals surface area (Å²) in [6.07, 6.45) is 1.84. The van der Waals surface area contributed by atoms with Crippen molar-refractivity contribution in [3.05, 3.63) is 47.0 Å². The Morgan fingerprint density at radius 2 is 1.74 bits per heavy atom. The van der Waals surface area contributed by atoms with E-state index in [4.69, 9.17) is 14.5 Å². The van der Waals surface area contributed by atoms with Crippen molar-refractivity contribution in [2.75, 3.05) is 21.3 Å². The molecule has 0 bridgehead atoms. The fraction of sp³-hybridized carbons (Fsp3) is 0.368. The molecule has 0 heterocycles. The van der Waals surface area contributed by atoms with Gasteiger partial charge < -0.3 is 19.8 Å². The summed E-state index contributed by atoms with van der Waals surface area (Å²) in [5.74, 6) is -0.359. The molecule has 1 rings (SSSR count). The fourth-order valence-corrected chi connectivity index (χ4v) is 2.11. The van der Waals surface area contributed by atoms with E-state index in [0.717, 1.165) is 11.1 Å². The summed E-state index contributed by atoms with van der Waals surface area (Å²) in [7, 11) is 4.38. The predicted octanol–water partition coefficient (Wildman–Crippen LogP) is 2.64. The van der Waals surface area contributed by atoms with Gasteiger partial charge >= 0.3 is 0 Å². The predicted molar refractivity (Wildman–Crippen MR) is 106 cm³/mol. The van der Waals surface area contributed by atoms with E-state index in [2.05, 4.69) is 20.8 Å². The van der Waals surface area contributed by atoms with Crippen LogP contribution in [0.2, 0.25) is 0 Å². The Morgan fingerprint density at radius 3 is 2.33 bits per heavy atom. The number of oxime groups is 3. The lowest BCUT2D eigenvalue weighted by atomic mass is 10.0. The third-order valence-electron chi connectivity index (χ3n) is 3.30. The number of nitrogens with zero attached hydrogens (tertiary/aromatic N) is 3. The van der Waals surface area contributed by atoms with E-state index in [1.54, 1.807) is 19.1 Å². The smallest absolute Gasteiger partial charge is 0.273 e. The van der Waals surface area contributed by atoms with Crippen molar-refractivity contribution in [2.24, 2.45) is 15.5 Å². The van der Waals surface area contributed by atoms with Crippen LogP contribution in [0.5, 0.6) is 0 Å². The molecule has 1 amide bonds. The number of likely N-dealkylation sites (N-methyl/N-ethyl adjacent to an activating group) is 1. The largest absolute Gasteiger partial charge is 0.399 e. The zero-order valence-corrected chi connectivity index (χ0v) is 16.6. The molecule has 0 aliphatic carbocycles. The average molecular weight is 374 g/mol. The first-order valence-electron chi connectivity index (χ1n) is 8.29. The Kier molecular flexibility index (Phi) is 9.28. The molecule has 0 aromatic heterocycles. The molecule has 0 fully saturated rings. The SMILES string of the molecule is CNC(=O)C(=NOC)c1ccccc1CON=C(C)C(C=C(C)C)=NOC. The van der Waals surface area contributed by atoms with E-state index < -0.39 is 0 Å². The molecule has 0 radical (unpaired) electrons. The molecule has 0 atom stereocenters. The maximum atomic E-state index is 12.1. The standard InChI is InChI=1S/C19H26N4O4/c1-13(2)11-17(22-25-5)14(3)21-27-12-15-9-7-8-10-16(15)18(23-26-6)19(24)20-4/h7-11H,12H2,1-6H3,(H,20,24). The van der Waals surface area contributed by atoms with Crippen molar-refractivity contribution in [2.45, 2.75) is 27.4 Å². The summed E-state index contributed by atoms with van der Waals surface area (Å²) in [6.45, 7) is 5.81. The maximum absolute atomic E-state index is 12.1. The highest BCUT2D eigenvalue weighted by molar-refractivity contribution is 6.46. The van der Waals surface area contributed by atoms with Crippen LogP contribution in [0, 0.1) is 0 Å². The summed E-state index contributed by atoms with van der Waals surface area (Å²) >= 11 is 0. The van der Waals surface area contributed by atoms with E-state index in [0.29, 0.717) is 17.0 Å². The van der Waals surface area contributed by atoms with Gasteiger partial charge in [0.1, 0.15) is 32.2 Å². The van der Waals surface area contributed by atoms with E-state index in [-0.39, 0.29) is 18.2 Å². The van der Waals surface area contributed by atoms with Crippen LogP contribution in [0.25, 0.3) is 0 Å². The van der Waals surface area contributed by atoms with Crippen molar-refractivity contribution in [1.82, 2.24) is 5.32 Å². The fourth-order valence-electron chi connectivity index (χ4n) is 2.11. The number of nitrogens with one attached hydrogen (secondary N) is 1. The Labute approximate surface area is 159 Å². The number of hydrogen-bond acceptors (Lipinski definition) is 7. The van der Waals surface area contributed by atoms with Crippen LogP contribution in [0.4, 0.5) is 0 Å². The molecular formula is C19H26N4O4. The lowest BCUT2D eigenvalue weighted by Gasteiger charge is -2.10. The molecular weight excluding hydrogens is 348 g/mol. The van der Waals surface area contributed by atoms with Gasteiger partial charge in [-0.15, -0.1) is 0 Å². The van der Waals surface area contributed by atoms with Gasteiger partial charge in [0.2, 0.25) is 0 Å². The minimum absolute atomic E-state index is 0.141. The van der Waals surface area contributed by atoms with Gasteiger partial charge in [-0.25, -0.2) is 0 Å². The van der Waals surface area contributed by atoms with Crippen LogP contribution in [-0.4, -0.2) is 44.3 Å². The highest BCUT2D eigenvalue weighted by Gasteiger charge is 2.17. The van der Waals surface area contributed by atoms with E-state index in [9.17, 15) is 4.79 Å². The highest BCUT2D eigenvalue weighted by Crippen LogP contribution is 2.13. The number of carbonyl (C=O) groups excluding carboxylic acids is 1. The summed E-state index contributed by atoms with van der Waals surface area (Å²) in [5, 5.41) is 14.4. The molecule has 8 heteroatoms. The van der Waals surface area contributed by atoms with Crippen molar-refractivity contribution in [3.8, 4) is 0 Å². The topological polar surface area (TPSA) is 93.9 Å². The number of allylic oxidation sites excluding steroid dienone is 2. The van der Waals surface area contributed by atoms with Crippen LogP contribution >= 0.6 is 0 Å². The number of benzene rings is 1. The first kappa shape index (κ1) is 21.9. The monoisotopic (exact) mass is 374 g/mol. The van der Waals surface area contributed by atoms with Crippen LogP contribution in [0.15, 0.2) is 51.4 Å². The van der Waals surface area contributed by atoms with Crippen molar-refractivity contribution < 1.29 is 19.3 Å². The number of carbonyl (C=O) groups is 1. The lowest BCUT2D eigenvalue weighted by Crippen LogP contribution is -2.29. The zero-order valence-electron chi connectivity index (χ0n) is 16.6. The number of rotatable bonds is 9. The lowest BCUT2D eigenvalue weighted by molar-refractivity contribution is -0.114. The summed E-state index contributed by atoms with van der Waals surface area (Å²) in [4.78, 5) is 27.2. The Balaban J connectivity index is 3.04. The summed E-state index contributed by atoms with van der Waals surface area (Å²) < 4.78 is 0. The molecule has 1 aromatic rings. The zero-order chi connectivity index (χ0) is 20.2. The highest BCUT2D eigenvalue weighted by atomic mass is 16.6. The van der Waals surface area contributed by atoms with Gasteiger partial charge in [0.25, 0.3) is 5.91 Å². The molecule has 1 N–H and O–H groups in total. The summed E-state index contributed by atoms with van der Waals surface area (Å²) in [5.41, 5.74) is 3.68. The van der Waals surface area contributed by atoms with Gasteiger partial charge in [0.15, 0.2) is 5.71 Å². The van der Waals surface area contributed by atoms with Gasteiger partial charge in [0.05, 0.1) is 0 Å².